The lowest BCUT2D eigenvalue weighted by molar-refractivity contribution is 0.212. The summed E-state index contributed by atoms with van der Waals surface area (Å²) in [5.41, 5.74) is 1.28. The van der Waals surface area contributed by atoms with E-state index in [2.05, 4.69) is 40.2 Å². The van der Waals surface area contributed by atoms with Gasteiger partial charge in [0.15, 0.2) is 5.82 Å². The monoisotopic (exact) mass is 303 g/mol. The highest BCUT2D eigenvalue weighted by Crippen LogP contribution is 2.32. The first kappa shape index (κ1) is 15.2. The smallest absolute Gasteiger partial charge is 0.240 e. The second kappa shape index (κ2) is 6.60. The van der Waals surface area contributed by atoms with Crippen molar-refractivity contribution in [2.24, 2.45) is 13.0 Å². The molecular formula is C16H25N5O. The number of nitrogens with zero attached hydrogens (tertiary/aromatic N) is 5. The average Bonchev–Trinajstić information content (AvgIpc) is 3.18. The van der Waals surface area contributed by atoms with Crippen LogP contribution in [0.25, 0.3) is 0 Å². The summed E-state index contributed by atoms with van der Waals surface area (Å²) in [6.45, 7) is 6.23. The second-order valence-electron chi connectivity index (χ2n) is 6.61. The van der Waals surface area contributed by atoms with E-state index in [1.807, 2.05) is 17.9 Å². The molecule has 0 saturated carbocycles. The number of hydrogen-bond donors (Lipinski definition) is 0. The van der Waals surface area contributed by atoms with E-state index in [0.717, 1.165) is 37.6 Å². The molecule has 0 spiro atoms. The van der Waals surface area contributed by atoms with E-state index < -0.39 is 0 Å². The molecule has 0 radical (unpaired) electrons. The Morgan fingerprint density at radius 3 is 3.00 bits per heavy atom. The lowest BCUT2D eigenvalue weighted by Gasteiger charge is -2.21. The molecule has 3 rings (SSSR count). The maximum absolute atomic E-state index is 5.42. The van der Waals surface area contributed by atoms with E-state index in [1.165, 1.54) is 18.4 Å². The van der Waals surface area contributed by atoms with Crippen LogP contribution in [0.1, 0.15) is 56.4 Å². The van der Waals surface area contributed by atoms with Crippen LogP contribution in [-0.2, 0) is 20.0 Å². The highest BCUT2D eigenvalue weighted by Gasteiger charge is 2.28. The van der Waals surface area contributed by atoms with Crippen LogP contribution in [0.5, 0.6) is 0 Å². The minimum atomic E-state index is 0.416. The summed E-state index contributed by atoms with van der Waals surface area (Å²) in [6, 6.07) is 0.416. The van der Waals surface area contributed by atoms with Gasteiger partial charge in [0, 0.05) is 31.3 Å². The SMILES string of the molecule is CC(C)CCc1noc(CN2CCC[C@@H]2c2cnn(C)c2)n1. The molecule has 0 aliphatic carbocycles. The largest absolute Gasteiger partial charge is 0.338 e. The molecule has 3 heterocycles. The van der Waals surface area contributed by atoms with Gasteiger partial charge < -0.3 is 4.52 Å². The lowest BCUT2D eigenvalue weighted by atomic mass is 10.1. The Balaban J connectivity index is 1.62. The van der Waals surface area contributed by atoms with Crippen LogP contribution < -0.4 is 0 Å². The minimum Gasteiger partial charge on any atom is -0.338 e. The predicted octanol–water partition coefficient (Wildman–Crippen LogP) is 2.73. The molecule has 0 N–H and O–H groups in total. The minimum absolute atomic E-state index is 0.416. The summed E-state index contributed by atoms with van der Waals surface area (Å²) in [6.07, 6.45) is 8.43. The van der Waals surface area contributed by atoms with Crippen molar-refractivity contribution in [3.63, 3.8) is 0 Å². The summed E-state index contributed by atoms with van der Waals surface area (Å²) in [5, 5.41) is 8.39. The third kappa shape index (κ3) is 3.55. The molecule has 0 amide bonds. The topological polar surface area (TPSA) is 60.0 Å². The zero-order valence-corrected chi connectivity index (χ0v) is 13.7. The third-order valence-corrected chi connectivity index (χ3v) is 4.27. The van der Waals surface area contributed by atoms with Gasteiger partial charge in [0.25, 0.3) is 0 Å². The zero-order valence-electron chi connectivity index (χ0n) is 13.7. The van der Waals surface area contributed by atoms with Gasteiger partial charge in [-0.2, -0.15) is 10.1 Å². The fourth-order valence-electron chi connectivity index (χ4n) is 3.05. The fourth-order valence-corrected chi connectivity index (χ4v) is 3.05. The molecule has 1 fully saturated rings. The van der Waals surface area contributed by atoms with Crippen molar-refractivity contribution in [3.05, 3.63) is 29.7 Å². The Morgan fingerprint density at radius 1 is 1.41 bits per heavy atom. The van der Waals surface area contributed by atoms with Crippen LogP contribution in [-0.4, -0.2) is 31.4 Å². The molecule has 0 unspecified atom stereocenters. The van der Waals surface area contributed by atoms with Gasteiger partial charge in [-0.05, 0) is 31.7 Å². The molecule has 1 saturated heterocycles. The normalized spacial score (nSPS) is 19.4. The Morgan fingerprint density at radius 2 is 2.27 bits per heavy atom. The van der Waals surface area contributed by atoms with Crippen LogP contribution in [0.3, 0.4) is 0 Å². The first-order valence-corrected chi connectivity index (χ1v) is 8.16. The number of hydrogen-bond acceptors (Lipinski definition) is 5. The average molecular weight is 303 g/mol. The van der Waals surface area contributed by atoms with Crippen LogP contribution in [0.2, 0.25) is 0 Å². The number of rotatable bonds is 6. The van der Waals surface area contributed by atoms with Gasteiger partial charge >= 0.3 is 0 Å². The van der Waals surface area contributed by atoms with Crippen LogP contribution in [0, 0.1) is 5.92 Å². The molecule has 22 heavy (non-hydrogen) atoms. The molecule has 1 aliphatic heterocycles. The van der Waals surface area contributed by atoms with E-state index in [0.29, 0.717) is 12.0 Å². The Hall–Kier alpha value is -1.69. The highest BCUT2D eigenvalue weighted by atomic mass is 16.5. The molecule has 0 bridgehead atoms. The summed E-state index contributed by atoms with van der Waals surface area (Å²) >= 11 is 0. The molecule has 6 heteroatoms. The molecule has 120 valence electrons. The van der Waals surface area contributed by atoms with Crippen molar-refractivity contribution < 1.29 is 4.52 Å². The number of aromatic nitrogens is 4. The van der Waals surface area contributed by atoms with E-state index in [4.69, 9.17) is 4.52 Å². The summed E-state index contributed by atoms with van der Waals surface area (Å²) in [5.74, 6) is 2.23. The second-order valence-corrected chi connectivity index (χ2v) is 6.61. The Bertz CT molecular complexity index is 603. The summed E-state index contributed by atoms with van der Waals surface area (Å²) in [4.78, 5) is 6.95. The maximum atomic E-state index is 5.42. The van der Waals surface area contributed by atoms with Crippen LogP contribution in [0.4, 0.5) is 0 Å². The van der Waals surface area contributed by atoms with Crippen molar-refractivity contribution in [2.45, 2.75) is 52.1 Å². The van der Waals surface area contributed by atoms with Crippen molar-refractivity contribution >= 4 is 0 Å². The quantitative estimate of drug-likeness (QED) is 0.821. The van der Waals surface area contributed by atoms with Gasteiger partial charge in [0.2, 0.25) is 5.89 Å². The zero-order chi connectivity index (χ0) is 15.5. The molecular weight excluding hydrogens is 278 g/mol. The summed E-state index contributed by atoms with van der Waals surface area (Å²) < 4.78 is 7.29. The Labute approximate surface area is 131 Å². The number of likely N-dealkylation sites (tertiary alicyclic amines) is 1. The van der Waals surface area contributed by atoms with Gasteiger partial charge in [-0.3, -0.25) is 9.58 Å². The first-order valence-electron chi connectivity index (χ1n) is 8.16. The van der Waals surface area contributed by atoms with Gasteiger partial charge in [-0.25, -0.2) is 0 Å². The lowest BCUT2D eigenvalue weighted by Crippen LogP contribution is -2.22. The highest BCUT2D eigenvalue weighted by molar-refractivity contribution is 5.12. The van der Waals surface area contributed by atoms with Gasteiger partial charge in [0.1, 0.15) is 0 Å². The molecule has 0 aromatic carbocycles. The molecule has 1 aliphatic rings. The standard InChI is InChI=1S/C16H25N5O/c1-12(2)6-7-15-18-16(22-19-15)11-21-8-4-5-14(21)13-9-17-20(3)10-13/h9-10,12,14H,4-8,11H2,1-3H3/t14-/m1/s1. The van der Waals surface area contributed by atoms with Gasteiger partial charge in [-0.1, -0.05) is 19.0 Å². The van der Waals surface area contributed by atoms with Crippen LogP contribution in [0.15, 0.2) is 16.9 Å². The molecule has 2 aromatic heterocycles. The van der Waals surface area contributed by atoms with Gasteiger partial charge in [0.05, 0.1) is 12.7 Å². The van der Waals surface area contributed by atoms with Crippen LogP contribution >= 0.6 is 0 Å². The van der Waals surface area contributed by atoms with E-state index >= 15 is 0 Å². The van der Waals surface area contributed by atoms with Gasteiger partial charge in [-0.15, -0.1) is 0 Å². The fraction of sp³-hybridized carbons (Fsp3) is 0.688. The van der Waals surface area contributed by atoms with Crippen molar-refractivity contribution in [3.8, 4) is 0 Å². The molecule has 2 aromatic rings. The van der Waals surface area contributed by atoms with E-state index in [9.17, 15) is 0 Å². The molecule has 6 nitrogen and oxygen atoms in total. The first-order chi connectivity index (χ1) is 10.6. The third-order valence-electron chi connectivity index (χ3n) is 4.27. The number of aryl methyl sites for hydroxylation is 2. The summed E-state index contributed by atoms with van der Waals surface area (Å²) in [7, 11) is 1.96. The Kier molecular flexibility index (Phi) is 4.57. The molecule has 1 atom stereocenters. The van der Waals surface area contributed by atoms with E-state index in [1.54, 1.807) is 0 Å². The maximum Gasteiger partial charge on any atom is 0.240 e. The van der Waals surface area contributed by atoms with E-state index in [-0.39, 0.29) is 0 Å². The van der Waals surface area contributed by atoms with Crippen molar-refractivity contribution in [2.75, 3.05) is 6.54 Å². The predicted molar refractivity (Wildman–Crippen MR) is 83.1 cm³/mol. The van der Waals surface area contributed by atoms with Crippen molar-refractivity contribution in [1.82, 2.24) is 24.8 Å². The van der Waals surface area contributed by atoms with Crippen molar-refractivity contribution in [1.29, 1.82) is 0 Å².